The van der Waals surface area contributed by atoms with Crippen LogP contribution in [0, 0.1) is 19.7 Å². The molecular formula is C24H22FN3O3. The predicted octanol–water partition coefficient (Wildman–Crippen LogP) is 4.11. The Kier molecular flexibility index (Phi) is 7.11. The molecule has 0 radical (unpaired) electrons. The second kappa shape index (κ2) is 10.2. The van der Waals surface area contributed by atoms with Gasteiger partial charge >= 0.3 is 11.8 Å². The van der Waals surface area contributed by atoms with Crippen molar-refractivity contribution in [1.82, 2.24) is 5.43 Å². The number of anilines is 1. The number of rotatable bonds is 6. The van der Waals surface area contributed by atoms with Crippen molar-refractivity contribution >= 4 is 23.7 Å². The Morgan fingerprint density at radius 2 is 1.68 bits per heavy atom. The van der Waals surface area contributed by atoms with E-state index in [9.17, 15) is 14.0 Å². The number of carbonyl (C=O) groups excluding carboxylic acids is 2. The van der Waals surface area contributed by atoms with Crippen molar-refractivity contribution in [3.8, 4) is 5.75 Å². The summed E-state index contributed by atoms with van der Waals surface area (Å²) in [5.41, 5.74) is 6.27. The topological polar surface area (TPSA) is 79.8 Å². The largest absolute Gasteiger partial charge is 0.489 e. The number of nitrogens with one attached hydrogen (secondary N) is 2. The lowest BCUT2D eigenvalue weighted by Gasteiger charge is -2.09. The maximum Gasteiger partial charge on any atom is 0.329 e. The van der Waals surface area contributed by atoms with Gasteiger partial charge in [-0.2, -0.15) is 5.10 Å². The second-order valence-corrected chi connectivity index (χ2v) is 6.88. The van der Waals surface area contributed by atoms with Gasteiger partial charge in [0.25, 0.3) is 0 Å². The minimum Gasteiger partial charge on any atom is -0.489 e. The molecule has 0 saturated heterocycles. The first-order chi connectivity index (χ1) is 14.9. The Bertz CT molecular complexity index is 1090. The van der Waals surface area contributed by atoms with Gasteiger partial charge in [-0.3, -0.25) is 9.59 Å². The third kappa shape index (κ3) is 6.24. The fourth-order valence-corrected chi connectivity index (χ4v) is 2.68. The van der Waals surface area contributed by atoms with Crippen molar-refractivity contribution in [2.75, 3.05) is 5.32 Å². The number of hydrazone groups is 1. The molecule has 0 aliphatic rings. The highest BCUT2D eigenvalue weighted by molar-refractivity contribution is 6.39. The fourth-order valence-electron chi connectivity index (χ4n) is 2.68. The molecule has 0 aliphatic heterocycles. The van der Waals surface area contributed by atoms with Crippen LogP contribution in [0.15, 0.2) is 71.8 Å². The van der Waals surface area contributed by atoms with Gasteiger partial charge in [0.05, 0.1) is 6.21 Å². The van der Waals surface area contributed by atoms with Crippen molar-refractivity contribution < 1.29 is 18.7 Å². The molecule has 0 bridgehead atoms. The van der Waals surface area contributed by atoms with Crippen molar-refractivity contribution in [2.45, 2.75) is 20.5 Å². The number of aryl methyl sites for hydroxylation is 1. The summed E-state index contributed by atoms with van der Waals surface area (Å²) in [6.07, 6.45) is 1.42. The number of amides is 2. The van der Waals surface area contributed by atoms with E-state index in [0.29, 0.717) is 23.6 Å². The number of ether oxygens (including phenoxy) is 1. The SMILES string of the molecule is Cc1cccc(NC(=O)C(=O)N/N=C\c2ccc(OCc3ccc(F)cc3)cc2)c1C. The first-order valence-electron chi connectivity index (χ1n) is 9.60. The van der Waals surface area contributed by atoms with E-state index in [0.717, 1.165) is 16.7 Å². The van der Waals surface area contributed by atoms with Crippen LogP contribution in [0.3, 0.4) is 0 Å². The van der Waals surface area contributed by atoms with E-state index in [1.54, 1.807) is 48.5 Å². The molecule has 3 rings (SSSR count). The number of hydrogen-bond donors (Lipinski definition) is 2. The van der Waals surface area contributed by atoms with Crippen LogP contribution < -0.4 is 15.5 Å². The summed E-state index contributed by atoms with van der Waals surface area (Å²) in [7, 11) is 0. The first kappa shape index (κ1) is 21.7. The van der Waals surface area contributed by atoms with Crippen LogP contribution in [0.4, 0.5) is 10.1 Å². The molecule has 158 valence electrons. The summed E-state index contributed by atoms with van der Waals surface area (Å²) in [6, 6.07) is 18.6. The molecule has 0 heterocycles. The Balaban J connectivity index is 1.48. The lowest BCUT2D eigenvalue weighted by molar-refractivity contribution is -0.136. The van der Waals surface area contributed by atoms with Crippen LogP contribution in [0.25, 0.3) is 0 Å². The standard InChI is InChI=1S/C24H22FN3O3/c1-16-4-3-5-22(17(16)2)27-23(29)24(30)28-26-14-18-8-12-21(13-9-18)31-15-19-6-10-20(25)11-7-19/h3-14H,15H2,1-2H3,(H,27,29)(H,28,30)/b26-14-. The first-order valence-corrected chi connectivity index (χ1v) is 9.60. The number of benzene rings is 3. The molecule has 0 aliphatic carbocycles. The zero-order valence-electron chi connectivity index (χ0n) is 17.2. The normalized spacial score (nSPS) is 10.7. The maximum absolute atomic E-state index is 12.9. The lowest BCUT2D eigenvalue weighted by atomic mass is 10.1. The quantitative estimate of drug-likeness (QED) is 0.359. The van der Waals surface area contributed by atoms with Gasteiger partial charge in [0, 0.05) is 5.69 Å². The summed E-state index contributed by atoms with van der Waals surface area (Å²) in [4.78, 5) is 24.0. The van der Waals surface area contributed by atoms with Gasteiger partial charge in [0.1, 0.15) is 18.2 Å². The van der Waals surface area contributed by atoms with Crippen molar-refractivity contribution in [3.63, 3.8) is 0 Å². The third-order valence-electron chi connectivity index (χ3n) is 4.64. The molecule has 3 aromatic carbocycles. The Morgan fingerprint density at radius 3 is 2.39 bits per heavy atom. The minimum atomic E-state index is -0.864. The van der Waals surface area contributed by atoms with Crippen LogP contribution in [0.5, 0.6) is 5.75 Å². The van der Waals surface area contributed by atoms with E-state index in [2.05, 4.69) is 15.8 Å². The number of halogens is 1. The van der Waals surface area contributed by atoms with Gasteiger partial charge < -0.3 is 10.1 Å². The summed E-state index contributed by atoms with van der Waals surface area (Å²) >= 11 is 0. The Labute approximate surface area is 179 Å². The lowest BCUT2D eigenvalue weighted by Crippen LogP contribution is -2.32. The molecule has 0 fully saturated rings. The van der Waals surface area contributed by atoms with Gasteiger partial charge in [-0.25, -0.2) is 9.82 Å². The van der Waals surface area contributed by atoms with Crippen LogP contribution in [-0.4, -0.2) is 18.0 Å². The average molecular weight is 419 g/mol. The minimum absolute atomic E-state index is 0.290. The van der Waals surface area contributed by atoms with Gasteiger partial charge in [-0.05, 0) is 78.6 Å². The van der Waals surface area contributed by atoms with Gasteiger partial charge in [0.15, 0.2) is 0 Å². The average Bonchev–Trinajstić information content (AvgIpc) is 2.77. The molecule has 0 saturated carbocycles. The number of hydrogen-bond acceptors (Lipinski definition) is 4. The van der Waals surface area contributed by atoms with Gasteiger partial charge in [-0.15, -0.1) is 0 Å². The summed E-state index contributed by atoms with van der Waals surface area (Å²) in [5.74, 6) is -1.31. The molecule has 2 N–H and O–H groups in total. The third-order valence-corrected chi connectivity index (χ3v) is 4.64. The van der Waals surface area contributed by atoms with E-state index < -0.39 is 11.8 Å². The summed E-state index contributed by atoms with van der Waals surface area (Å²) in [5, 5.41) is 6.39. The summed E-state index contributed by atoms with van der Waals surface area (Å²) in [6.45, 7) is 4.11. The number of nitrogens with zero attached hydrogens (tertiary/aromatic N) is 1. The molecule has 0 atom stereocenters. The summed E-state index contributed by atoms with van der Waals surface area (Å²) < 4.78 is 18.6. The van der Waals surface area contributed by atoms with Crippen LogP contribution in [-0.2, 0) is 16.2 Å². The monoisotopic (exact) mass is 419 g/mol. The molecule has 0 aromatic heterocycles. The molecule has 3 aromatic rings. The van der Waals surface area contributed by atoms with Crippen LogP contribution >= 0.6 is 0 Å². The van der Waals surface area contributed by atoms with Gasteiger partial charge in [0.2, 0.25) is 0 Å². The Morgan fingerprint density at radius 1 is 0.968 bits per heavy atom. The van der Waals surface area contributed by atoms with E-state index in [-0.39, 0.29) is 5.82 Å². The molecule has 0 unspecified atom stereocenters. The highest BCUT2D eigenvalue weighted by Crippen LogP contribution is 2.17. The fraction of sp³-hybridized carbons (Fsp3) is 0.125. The van der Waals surface area contributed by atoms with E-state index in [1.807, 2.05) is 19.9 Å². The molecule has 6 nitrogen and oxygen atoms in total. The van der Waals surface area contributed by atoms with Crippen LogP contribution in [0.2, 0.25) is 0 Å². The Hall–Kier alpha value is -4.00. The zero-order valence-corrected chi connectivity index (χ0v) is 17.2. The molecular weight excluding hydrogens is 397 g/mol. The smallest absolute Gasteiger partial charge is 0.329 e. The van der Waals surface area contributed by atoms with Crippen LogP contribution in [0.1, 0.15) is 22.3 Å². The molecule has 31 heavy (non-hydrogen) atoms. The van der Waals surface area contributed by atoms with Crippen molar-refractivity contribution in [1.29, 1.82) is 0 Å². The highest BCUT2D eigenvalue weighted by Gasteiger charge is 2.14. The zero-order chi connectivity index (χ0) is 22.2. The highest BCUT2D eigenvalue weighted by atomic mass is 19.1. The van der Waals surface area contributed by atoms with Gasteiger partial charge in [-0.1, -0.05) is 24.3 Å². The van der Waals surface area contributed by atoms with E-state index in [4.69, 9.17) is 4.74 Å². The maximum atomic E-state index is 12.9. The van der Waals surface area contributed by atoms with E-state index >= 15 is 0 Å². The number of carbonyl (C=O) groups is 2. The van der Waals surface area contributed by atoms with Crippen molar-refractivity contribution in [2.24, 2.45) is 5.10 Å². The molecule has 2 amide bonds. The van der Waals surface area contributed by atoms with E-state index in [1.165, 1.54) is 18.3 Å². The predicted molar refractivity (Wildman–Crippen MR) is 117 cm³/mol. The van der Waals surface area contributed by atoms with Crippen molar-refractivity contribution in [3.05, 3.63) is 94.8 Å². The second-order valence-electron chi connectivity index (χ2n) is 6.88. The molecule has 0 spiro atoms. The molecule has 7 heteroatoms.